The SMILES string of the molecule is COc1ccc(C(=O)O[C@H](C)C(=O)Nc2ccccc2C#N)cc1. The van der Waals surface area contributed by atoms with E-state index in [4.69, 9.17) is 14.7 Å². The highest BCUT2D eigenvalue weighted by molar-refractivity contribution is 5.98. The molecule has 0 spiro atoms. The molecule has 0 aliphatic heterocycles. The molecule has 1 atom stereocenters. The first-order valence-electron chi connectivity index (χ1n) is 7.20. The molecule has 2 rings (SSSR count). The Morgan fingerprint density at radius 1 is 1.12 bits per heavy atom. The van der Waals surface area contributed by atoms with Gasteiger partial charge in [0.1, 0.15) is 11.8 Å². The summed E-state index contributed by atoms with van der Waals surface area (Å²) in [6.07, 6.45) is -1.01. The number of methoxy groups -OCH3 is 1. The Labute approximate surface area is 139 Å². The summed E-state index contributed by atoms with van der Waals surface area (Å²) < 4.78 is 10.2. The molecule has 2 aromatic carbocycles. The van der Waals surface area contributed by atoms with E-state index in [2.05, 4.69) is 5.32 Å². The number of ether oxygens (including phenoxy) is 2. The van der Waals surface area contributed by atoms with Crippen molar-refractivity contribution >= 4 is 17.6 Å². The molecule has 0 aliphatic carbocycles. The van der Waals surface area contributed by atoms with Crippen molar-refractivity contribution in [2.75, 3.05) is 12.4 Å². The van der Waals surface area contributed by atoms with E-state index in [-0.39, 0.29) is 0 Å². The molecule has 0 radical (unpaired) electrons. The maximum Gasteiger partial charge on any atom is 0.338 e. The van der Waals surface area contributed by atoms with Gasteiger partial charge in [0.15, 0.2) is 6.10 Å². The fourth-order valence-corrected chi connectivity index (χ4v) is 1.93. The number of hydrogen-bond acceptors (Lipinski definition) is 5. The number of rotatable bonds is 5. The number of nitrogens with one attached hydrogen (secondary N) is 1. The Hall–Kier alpha value is -3.33. The van der Waals surface area contributed by atoms with Crippen LogP contribution in [0, 0.1) is 11.3 Å². The van der Waals surface area contributed by atoms with Crippen molar-refractivity contribution in [2.45, 2.75) is 13.0 Å². The Morgan fingerprint density at radius 2 is 1.79 bits per heavy atom. The molecule has 24 heavy (non-hydrogen) atoms. The van der Waals surface area contributed by atoms with Gasteiger partial charge in [-0.15, -0.1) is 0 Å². The first-order chi connectivity index (χ1) is 11.5. The number of carbonyl (C=O) groups excluding carboxylic acids is 2. The van der Waals surface area contributed by atoms with Gasteiger partial charge in [-0.3, -0.25) is 4.79 Å². The van der Waals surface area contributed by atoms with Crippen LogP contribution in [-0.2, 0) is 9.53 Å². The quantitative estimate of drug-likeness (QED) is 0.854. The average molecular weight is 324 g/mol. The van der Waals surface area contributed by atoms with Crippen LogP contribution >= 0.6 is 0 Å². The van der Waals surface area contributed by atoms with Crippen LogP contribution in [0.25, 0.3) is 0 Å². The average Bonchev–Trinajstić information content (AvgIpc) is 2.62. The van der Waals surface area contributed by atoms with E-state index in [0.717, 1.165) is 0 Å². The zero-order valence-electron chi connectivity index (χ0n) is 13.3. The molecule has 0 saturated carbocycles. The zero-order chi connectivity index (χ0) is 17.5. The lowest BCUT2D eigenvalue weighted by molar-refractivity contribution is -0.123. The van der Waals surface area contributed by atoms with Crippen LogP contribution in [0.1, 0.15) is 22.8 Å². The van der Waals surface area contributed by atoms with E-state index in [9.17, 15) is 9.59 Å². The van der Waals surface area contributed by atoms with Gasteiger partial charge in [-0.25, -0.2) is 4.79 Å². The van der Waals surface area contributed by atoms with Gasteiger partial charge in [0.25, 0.3) is 5.91 Å². The smallest absolute Gasteiger partial charge is 0.338 e. The minimum Gasteiger partial charge on any atom is -0.497 e. The summed E-state index contributed by atoms with van der Waals surface area (Å²) in [6, 6.07) is 14.9. The summed E-state index contributed by atoms with van der Waals surface area (Å²) in [7, 11) is 1.53. The Balaban J connectivity index is 2.00. The topological polar surface area (TPSA) is 88.4 Å². The van der Waals surface area contributed by atoms with Crippen LogP contribution in [0.3, 0.4) is 0 Å². The van der Waals surface area contributed by atoms with Gasteiger partial charge < -0.3 is 14.8 Å². The molecule has 0 fully saturated rings. The lowest BCUT2D eigenvalue weighted by atomic mass is 10.2. The molecule has 0 aliphatic rings. The zero-order valence-corrected chi connectivity index (χ0v) is 13.3. The molecule has 122 valence electrons. The molecule has 2 aromatic rings. The van der Waals surface area contributed by atoms with Crippen molar-refractivity contribution in [3.05, 3.63) is 59.7 Å². The highest BCUT2D eigenvalue weighted by Gasteiger charge is 2.19. The van der Waals surface area contributed by atoms with Gasteiger partial charge in [0.05, 0.1) is 23.9 Å². The lowest BCUT2D eigenvalue weighted by Gasteiger charge is -2.14. The summed E-state index contributed by atoms with van der Waals surface area (Å²) >= 11 is 0. The summed E-state index contributed by atoms with van der Waals surface area (Å²) in [5, 5.41) is 11.6. The van der Waals surface area contributed by atoms with E-state index >= 15 is 0 Å². The van der Waals surface area contributed by atoms with Gasteiger partial charge >= 0.3 is 5.97 Å². The molecule has 1 N–H and O–H groups in total. The third-order valence-corrected chi connectivity index (χ3v) is 3.28. The Morgan fingerprint density at radius 3 is 2.42 bits per heavy atom. The first-order valence-corrected chi connectivity index (χ1v) is 7.20. The molecule has 6 heteroatoms. The van der Waals surface area contributed by atoms with Crippen LogP contribution in [-0.4, -0.2) is 25.1 Å². The highest BCUT2D eigenvalue weighted by atomic mass is 16.5. The Kier molecular flexibility index (Phi) is 5.53. The fourth-order valence-electron chi connectivity index (χ4n) is 1.93. The molecule has 0 unspecified atom stereocenters. The number of nitrogens with zero attached hydrogens (tertiary/aromatic N) is 1. The molecular formula is C18H16N2O4. The standard InChI is InChI=1S/C18H16N2O4/c1-12(17(21)20-16-6-4-3-5-14(16)11-19)24-18(22)13-7-9-15(23-2)10-8-13/h3-10,12H,1-2H3,(H,20,21)/t12-/m1/s1. The van der Waals surface area contributed by atoms with E-state index in [1.165, 1.54) is 14.0 Å². The number of amides is 1. The highest BCUT2D eigenvalue weighted by Crippen LogP contribution is 2.15. The minimum absolute atomic E-state index is 0.313. The van der Waals surface area contributed by atoms with Crippen molar-refractivity contribution in [1.82, 2.24) is 0 Å². The lowest BCUT2D eigenvalue weighted by Crippen LogP contribution is -2.30. The maximum absolute atomic E-state index is 12.1. The van der Waals surface area contributed by atoms with Crippen molar-refractivity contribution in [1.29, 1.82) is 5.26 Å². The van der Waals surface area contributed by atoms with Gasteiger partial charge in [0.2, 0.25) is 0 Å². The number of anilines is 1. The summed E-state index contributed by atoms with van der Waals surface area (Å²) in [5.41, 5.74) is 1.02. The number of benzene rings is 2. The molecule has 0 bridgehead atoms. The third kappa shape index (κ3) is 4.11. The van der Waals surface area contributed by atoms with Crippen LogP contribution in [0.15, 0.2) is 48.5 Å². The minimum atomic E-state index is -1.01. The largest absolute Gasteiger partial charge is 0.497 e. The number of para-hydroxylation sites is 1. The number of carbonyl (C=O) groups is 2. The molecule has 1 amide bonds. The third-order valence-electron chi connectivity index (χ3n) is 3.28. The van der Waals surface area contributed by atoms with E-state index in [0.29, 0.717) is 22.6 Å². The second kappa shape index (κ2) is 7.79. The van der Waals surface area contributed by atoms with E-state index < -0.39 is 18.0 Å². The summed E-state index contributed by atoms with van der Waals surface area (Å²) in [4.78, 5) is 24.2. The predicted molar refractivity (Wildman–Crippen MR) is 87.7 cm³/mol. The number of hydrogen-bond donors (Lipinski definition) is 1. The van der Waals surface area contributed by atoms with Crippen LogP contribution in [0.4, 0.5) is 5.69 Å². The van der Waals surface area contributed by atoms with E-state index in [1.807, 2.05) is 6.07 Å². The monoisotopic (exact) mass is 324 g/mol. The molecule has 0 saturated heterocycles. The van der Waals surface area contributed by atoms with Crippen molar-refractivity contribution in [3.8, 4) is 11.8 Å². The van der Waals surface area contributed by atoms with Crippen molar-refractivity contribution in [2.24, 2.45) is 0 Å². The maximum atomic E-state index is 12.1. The van der Waals surface area contributed by atoms with Crippen molar-refractivity contribution in [3.63, 3.8) is 0 Å². The summed E-state index contributed by atoms with van der Waals surface area (Å²) in [6.45, 7) is 1.46. The van der Waals surface area contributed by atoms with Gasteiger partial charge in [-0.2, -0.15) is 5.26 Å². The summed E-state index contributed by atoms with van der Waals surface area (Å²) in [5.74, 6) is -0.515. The van der Waals surface area contributed by atoms with Crippen molar-refractivity contribution < 1.29 is 19.1 Å². The Bertz CT molecular complexity index is 778. The van der Waals surface area contributed by atoms with Gasteiger partial charge in [0, 0.05) is 0 Å². The number of nitriles is 1. The second-order valence-electron chi connectivity index (χ2n) is 4.92. The molecule has 0 heterocycles. The second-order valence-corrected chi connectivity index (χ2v) is 4.92. The number of esters is 1. The van der Waals surface area contributed by atoms with Crippen LogP contribution < -0.4 is 10.1 Å². The molecular weight excluding hydrogens is 308 g/mol. The molecule has 0 aromatic heterocycles. The normalized spacial score (nSPS) is 11.0. The van der Waals surface area contributed by atoms with Crippen LogP contribution in [0.2, 0.25) is 0 Å². The van der Waals surface area contributed by atoms with Gasteiger partial charge in [-0.05, 0) is 43.3 Å². The van der Waals surface area contributed by atoms with Gasteiger partial charge in [-0.1, -0.05) is 12.1 Å². The molecule has 6 nitrogen and oxygen atoms in total. The van der Waals surface area contributed by atoms with E-state index in [1.54, 1.807) is 48.5 Å². The van der Waals surface area contributed by atoms with Crippen LogP contribution in [0.5, 0.6) is 5.75 Å². The predicted octanol–water partition coefficient (Wildman–Crippen LogP) is 2.75. The fraction of sp³-hybridized carbons (Fsp3) is 0.167. The first kappa shape index (κ1) is 17.0.